The first-order valence-electron chi connectivity index (χ1n) is 3.79. The van der Waals surface area contributed by atoms with E-state index in [9.17, 15) is 4.79 Å². The van der Waals surface area contributed by atoms with Crippen LogP contribution in [-0.4, -0.2) is 30.2 Å². The lowest BCUT2D eigenvalue weighted by Crippen LogP contribution is -2.30. The van der Waals surface area contributed by atoms with Gasteiger partial charge in [-0.25, -0.2) is 4.79 Å². The van der Waals surface area contributed by atoms with Crippen molar-refractivity contribution in [3.05, 3.63) is 27.3 Å². The highest BCUT2D eigenvalue weighted by Crippen LogP contribution is 2.07. The lowest BCUT2D eigenvalue weighted by Gasteiger charge is -2.04. The summed E-state index contributed by atoms with van der Waals surface area (Å²) >= 11 is 1.98. The van der Waals surface area contributed by atoms with Crippen molar-refractivity contribution in [2.45, 2.75) is 0 Å². The monoisotopic (exact) mass is 306 g/mol. The van der Waals surface area contributed by atoms with Crippen molar-refractivity contribution < 1.29 is 19.6 Å². The van der Waals surface area contributed by atoms with E-state index in [-0.39, 0.29) is 5.46 Å². The van der Waals surface area contributed by atoms with Crippen LogP contribution in [-0.2, 0) is 4.74 Å². The first-order chi connectivity index (χ1) is 6.54. The molecule has 0 spiro atoms. The molecule has 0 aliphatic rings. The first-order valence-corrected chi connectivity index (χ1v) is 4.87. The summed E-state index contributed by atoms with van der Waals surface area (Å²) in [5, 5.41) is 17.9. The van der Waals surface area contributed by atoms with Gasteiger partial charge >= 0.3 is 13.1 Å². The van der Waals surface area contributed by atoms with Gasteiger partial charge in [0.1, 0.15) is 0 Å². The van der Waals surface area contributed by atoms with E-state index in [1.54, 1.807) is 12.1 Å². The highest BCUT2D eigenvalue weighted by Gasteiger charge is 2.15. The van der Waals surface area contributed by atoms with Crippen LogP contribution >= 0.6 is 22.6 Å². The van der Waals surface area contributed by atoms with Crippen LogP contribution in [0, 0.1) is 3.57 Å². The Morgan fingerprint density at radius 1 is 1.43 bits per heavy atom. The number of hydrogen-bond donors (Lipinski definition) is 2. The van der Waals surface area contributed by atoms with Crippen molar-refractivity contribution >= 4 is 41.1 Å². The van der Waals surface area contributed by atoms with Crippen LogP contribution in [0.1, 0.15) is 10.4 Å². The number of hydrogen-bond acceptors (Lipinski definition) is 4. The first kappa shape index (κ1) is 11.5. The van der Waals surface area contributed by atoms with E-state index in [0.717, 1.165) is 3.57 Å². The molecule has 0 atom stereocenters. The van der Waals surface area contributed by atoms with Crippen LogP contribution < -0.4 is 5.46 Å². The maximum absolute atomic E-state index is 11.2. The fourth-order valence-electron chi connectivity index (χ4n) is 0.997. The molecule has 0 fully saturated rings. The molecule has 4 nitrogen and oxygen atoms in total. The number of esters is 1. The number of rotatable bonds is 2. The minimum Gasteiger partial charge on any atom is -0.465 e. The number of carbonyl (C=O) groups is 1. The van der Waals surface area contributed by atoms with Gasteiger partial charge in [0.25, 0.3) is 0 Å². The molecule has 14 heavy (non-hydrogen) atoms. The van der Waals surface area contributed by atoms with Crippen LogP contribution in [0.25, 0.3) is 0 Å². The van der Waals surface area contributed by atoms with Gasteiger partial charge < -0.3 is 14.8 Å². The van der Waals surface area contributed by atoms with Crippen LogP contribution in [0.3, 0.4) is 0 Å². The van der Waals surface area contributed by atoms with Crippen molar-refractivity contribution in [2.75, 3.05) is 7.11 Å². The van der Waals surface area contributed by atoms with E-state index < -0.39 is 13.1 Å². The van der Waals surface area contributed by atoms with E-state index in [1.807, 2.05) is 22.6 Å². The third-order valence-electron chi connectivity index (χ3n) is 1.64. The van der Waals surface area contributed by atoms with Crippen LogP contribution in [0.4, 0.5) is 0 Å². The predicted octanol–water partition coefficient (Wildman–Crippen LogP) is -0.242. The molecular weight excluding hydrogens is 298 g/mol. The second kappa shape index (κ2) is 4.76. The van der Waals surface area contributed by atoms with E-state index in [4.69, 9.17) is 10.0 Å². The molecule has 6 heteroatoms. The third-order valence-corrected chi connectivity index (χ3v) is 2.26. The second-order valence-corrected chi connectivity index (χ2v) is 3.88. The molecule has 74 valence electrons. The topological polar surface area (TPSA) is 66.8 Å². The number of methoxy groups -OCH3 is 1. The summed E-state index contributed by atoms with van der Waals surface area (Å²) < 4.78 is 5.26. The molecule has 0 heterocycles. The molecule has 0 aromatic heterocycles. The fourth-order valence-corrected chi connectivity index (χ4v) is 1.69. The number of benzene rings is 1. The number of halogens is 1. The van der Waals surface area contributed by atoms with Gasteiger partial charge in [0.05, 0.1) is 12.7 Å². The maximum Gasteiger partial charge on any atom is 0.488 e. The molecule has 0 amide bonds. The fraction of sp³-hybridized carbons (Fsp3) is 0.125. The second-order valence-electron chi connectivity index (χ2n) is 2.64. The molecule has 0 bridgehead atoms. The zero-order valence-electron chi connectivity index (χ0n) is 7.40. The summed E-state index contributed by atoms with van der Waals surface area (Å²) in [6.45, 7) is 0. The molecule has 0 radical (unpaired) electrons. The van der Waals surface area contributed by atoms with Gasteiger partial charge in [-0.05, 0) is 46.3 Å². The molecular formula is C8H8BIO4. The molecule has 1 aromatic rings. The predicted molar refractivity (Wildman–Crippen MR) is 60.3 cm³/mol. The highest BCUT2D eigenvalue weighted by atomic mass is 127. The van der Waals surface area contributed by atoms with E-state index in [1.165, 1.54) is 13.2 Å². The zero-order valence-corrected chi connectivity index (χ0v) is 9.56. The molecule has 0 unspecified atom stereocenters. The Morgan fingerprint density at radius 2 is 2.07 bits per heavy atom. The molecule has 1 aromatic carbocycles. The van der Waals surface area contributed by atoms with E-state index >= 15 is 0 Å². The van der Waals surface area contributed by atoms with Gasteiger partial charge in [-0.1, -0.05) is 0 Å². The van der Waals surface area contributed by atoms with Crippen LogP contribution in [0.2, 0.25) is 0 Å². The van der Waals surface area contributed by atoms with Gasteiger partial charge in [0, 0.05) is 3.57 Å². The summed E-state index contributed by atoms with van der Waals surface area (Å²) in [5.41, 5.74) is 0.583. The standard InChI is InChI=1S/C8H8BIO4/c1-14-8(11)5-2-6(9(12)13)4-7(10)3-5/h2-4,12-13H,1H3. The maximum atomic E-state index is 11.2. The molecule has 0 saturated carbocycles. The van der Waals surface area contributed by atoms with Crippen LogP contribution in [0.15, 0.2) is 18.2 Å². The summed E-state index contributed by atoms with van der Waals surface area (Å²) in [6, 6.07) is 4.58. The Morgan fingerprint density at radius 3 is 2.57 bits per heavy atom. The summed E-state index contributed by atoms with van der Waals surface area (Å²) in [5.74, 6) is -0.495. The Bertz CT molecular complexity index is 353. The third kappa shape index (κ3) is 2.69. The van der Waals surface area contributed by atoms with Gasteiger partial charge in [-0.2, -0.15) is 0 Å². The molecule has 1 rings (SSSR count). The Labute approximate surface area is 95.2 Å². The van der Waals surface area contributed by atoms with Gasteiger partial charge in [0.15, 0.2) is 0 Å². The summed E-state index contributed by atoms with van der Waals surface area (Å²) in [6.07, 6.45) is 0. The Balaban J connectivity index is 3.13. The lowest BCUT2D eigenvalue weighted by atomic mass is 9.80. The largest absolute Gasteiger partial charge is 0.488 e. The smallest absolute Gasteiger partial charge is 0.465 e. The average molecular weight is 306 g/mol. The molecule has 0 aliphatic carbocycles. The van der Waals surface area contributed by atoms with Crippen molar-refractivity contribution in [1.82, 2.24) is 0 Å². The molecule has 2 N–H and O–H groups in total. The van der Waals surface area contributed by atoms with E-state index in [2.05, 4.69) is 4.74 Å². The van der Waals surface area contributed by atoms with Crippen molar-refractivity contribution in [1.29, 1.82) is 0 Å². The Kier molecular flexibility index (Phi) is 3.91. The number of carbonyl (C=O) groups excluding carboxylic acids is 1. The normalized spacial score (nSPS) is 9.71. The van der Waals surface area contributed by atoms with Crippen molar-refractivity contribution in [2.24, 2.45) is 0 Å². The quantitative estimate of drug-likeness (QED) is 0.449. The zero-order chi connectivity index (χ0) is 10.7. The Hall–Kier alpha value is -0.595. The summed E-state index contributed by atoms with van der Waals surface area (Å²) in [4.78, 5) is 11.2. The lowest BCUT2D eigenvalue weighted by molar-refractivity contribution is 0.0601. The van der Waals surface area contributed by atoms with Gasteiger partial charge in [-0.15, -0.1) is 0 Å². The summed E-state index contributed by atoms with van der Waals surface area (Å²) in [7, 11) is -0.301. The minimum absolute atomic E-state index is 0.275. The van der Waals surface area contributed by atoms with Gasteiger partial charge in [0.2, 0.25) is 0 Å². The van der Waals surface area contributed by atoms with E-state index in [0.29, 0.717) is 5.56 Å². The van der Waals surface area contributed by atoms with Crippen molar-refractivity contribution in [3.63, 3.8) is 0 Å². The van der Waals surface area contributed by atoms with Gasteiger partial charge in [-0.3, -0.25) is 0 Å². The van der Waals surface area contributed by atoms with Crippen LogP contribution in [0.5, 0.6) is 0 Å². The highest BCUT2D eigenvalue weighted by molar-refractivity contribution is 14.1. The number of ether oxygens (including phenoxy) is 1. The minimum atomic E-state index is -1.58. The van der Waals surface area contributed by atoms with Crippen molar-refractivity contribution in [3.8, 4) is 0 Å². The molecule has 0 saturated heterocycles. The molecule has 0 aliphatic heterocycles. The SMILES string of the molecule is COC(=O)c1cc(I)cc(B(O)O)c1. The average Bonchev–Trinajstić information content (AvgIpc) is 2.15.